The van der Waals surface area contributed by atoms with Gasteiger partial charge in [-0.1, -0.05) is 25.1 Å². The lowest BCUT2D eigenvalue weighted by molar-refractivity contribution is -0.143. The molecule has 1 fully saturated rings. The van der Waals surface area contributed by atoms with E-state index in [4.69, 9.17) is 0 Å². The highest BCUT2D eigenvalue weighted by Crippen LogP contribution is 2.31. The number of tetrazole rings is 1. The van der Waals surface area contributed by atoms with Crippen molar-refractivity contribution in [2.75, 3.05) is 25.0 Å². The Kier molecular flexibility index (Phi) is 7.54. The zero-order valence-electron chi connectivity index (χ0n) is 18.3. The van der Waals surface area contributed by atoms with E-state index in [0.29, 0.717) is 25.2 Å². The third-order valence-electron chi connectivity index (χ3n) is 5.85. The smallest absolute Gasteiger partial charge is 0.307 e. The molecule has 10 nitrogen and oxygen atoms in total. The highest BCUT2D eigenvalue weighted by atomic mass is 16.4. The van der Waals surface area contributed by atoms with Gasteiger partial charge in [-0.15, -0.1) is 10.2 Å². The number of nitrogens with zero attached hydrogens (tertiary/aromatic N) is 5. The Labute approximate surface area is 181 Å². The lowest BCUT2D eigenvalue weighted by Gasteiger charge is -2.32. The summed E-state index contributed by atoms with van der Waals surface area (Å²) in [6.07, 6.45) is 4.58. The van der Waals surface area contributed by atoms with E-state index < -0.39 is 17.8 Å². The highest BCUT2D eigenvalue weighted by molar-refractivity contribution is 5.79. The van der Waals surface area contributed by atoms with Crippen molar-refractivity contribution in [2.45, 2.75) is 45.4 Å². The number of piperidine rings is 1. The Morgan fingerprint density at radius 3 is 2.74 bits per heavy atom. The molecule has 1 amide bonds. The maximum absolute atomic E-state index is 12.0. The number of H-pyrrole nitrogens is 1. The zero-order chi connectivity index (χ0) is 22.4. The zero-order valence-corrected chi connectivity index (χ0v) is 18.3. The molecule has 3 rings (SSSR count). The van der Waals surface area contributed by atoms with Crippen LogP contribution in [0.15, 0.2) is 18.3 Å². The minimum atomic E-state index is -0.860. The van der Waals surface area contributed by atoms with Gasteiger partial charge < -0.3 is 15.3 Å². The standard InChI is InChI=1S/C21H31N7O3/c1-13(2)9-17(21(30)31)16(19-24-26-27-25-19)10-14-6-7-18(23-11-14)28-8-4-5-15(12-28)20(29)22-3/h6-7,11,13,15-17H,4-5,8-10,12H2,1-3H3,(H,22,29)(H,30,31)(H,24,25,26,27)/t15?,16-,17-/m0/s1. The molecule has 10 heteroatoms. The summed E-state index contributed by atoms with van der Waals surface area (Å²) in [5, 5.41) is 26.8. The Morgan fingerprint density at radius 2 is 2.16 bits per heavy atom. The first-order chi connectivity index (χ1) is 14.9. The van der Waals surface area contributed by atoms with Crippen LogP contribution in [0, 0.1) is 17.8 Å². The van der Waals surface area contributed by atoms with Gasteiger partial charge in [-0.2, -0.15) is 5.21 Å². The second-order valence-electron chi connectivity index (χ2n) is 8.58. The van der Waals surface area contributed by atoms with E-state index in [1.807, 2.05) is 26.0 Å². The average molecular weight is 430 g/mol. The van der Waals surface area contributed by atoms with Gasteiger partial charge >= 0.3 is 5.97 Å². The number of aliphatic carboxylic acids is 1. The van der Waals surface area contributed by atoms with E-state index in [1.165, 1.54) is 0 Å². The molecule has 3 N–H and O–H groups in total. The minimum Gasteiger partial charge on any atom is -0.481 e. The van der Waals surface area contributed by atoms with Gasteiger partial charge in [0, 0.05) is 32.3 Å². The molecular weight excluding hydrogens is 398 g/mol. The van der Waals surface area contributed by atoms with Crippen LogP contribution in [0.1, 0.15) is 50.4 Å². The monoisotopic (exact) mass is 429 g/mol. The van der Waals surface area contributed by atoms with Crippen molar-refractivity contribution in [3.8, 4) is 0 Å². The summed E-state index contributed by atoms with van der Waals surface area (Å²) in [5.74, 6) is -0.395. The van der Waals surface area contributed by atoms with Crippen molar-refractivity contribution in [3.05, 3.63) is 29.7 Å². The molecule has 1 unspecified atom stereocenters. The number of aromatic nitrogens is 5. The van der Waals surface area contributed by atoms with Gasteiger partial charge in [-0.05, 0) is 43.2 Å². The molecule has 2 aromatic rings. The fourth-order valence-electron chi connectivity index (χ4n) is 4.27. The fraction of sp³-hybridized carbons (Fsp3) is 0.619. The van der Waals surface area contributed by atoms with Crippen molar-refractivity contribution in [1.29, 1.82) is 0 Å². The molecule has 168 valence electrons. The summed E-state index contributed by atoms with van der Waals surface area (Å²) in [4.78, 5) is 30.7. The third kappa shape index (κ3) is 5.77. The molecule has 1 aliphatic rings. The molecule has 3 atom stereocenters. The second-order valence-corrected chi connectivity index (χ2v) is 8.58. The number of hydrogen-bond donors (Lipinski definition) is 3. The summed E-state index contributed by atoms with van der Waals surface area (Å²) in [6.45, 7) is 5.52. The number of nitrogens with one attached hydrogen (secondary N) is 2. The van der Waals surface area contributed by atoms with Crippen LogP contribution in [-0.2, 0) is 16.0 Å². The molecule has 31 heavy (non-hydrogen) atoms. The number of amides is 1. The van der Waals surface area contributed by atoms with Crippen molar-refractivity contribution in [3.63, 3.8) is 0 Å². The van der Waals surface area contributed by atoms with E-state index in [0.717, 1.165) is 30.8 Å². The Balaban J connectivity index is 1.75. The molecule has 0 spiro atoms. The number of pyridine rings is 1. The third-order valence-corrected chi connectivity index (χ3v) is 5.85. The average Bonchev–Trinajstić information content (AvgIpc) is 3.30. The number of carbonyl (C=O) groups is 2. The molecule has 0 aliphatic carbocycles. The maximum atomic E-state index is 12.0. The van der Waals surface area contributed by atoms with Gasteiger partial charge in [0.05, 0.1) is 11.8 Å². The Bertz CT molecular complexity index is 854. The summed E-state index contributed by atoms with van der Waals surface area (Å²) in [7, 11) is 1.66. The molecule has 0 saturated carbocycles. The van der Waals surface area contributed by atoms with E-state index in [2.05, 4.69) is 35.8 Å². The first kappa shape index (κ1) is 22.6. The molecule has 3 heterocycles. The SMILES string of the molecule is CNC(=O)C1CCCN(c2ccc(C[C@H](c3nn[nH]n3)[C@H](CC(C)C)C(=O)O)cn2)C1. The first-order valence-electron chi connectivity index (χ1n) is 10.8. The van der Waals surface area contributed by atoms with E-state index in [9.17, 15) is 14.7 Å². The summed E-state index contributed by atoms with van der Waals surface area (Å²) >= 11 is 0. The number of rotatable bonds is 9. The van der Waals surface area contributed by atoms with Crippen LogP contribution in [0.3, 0.4) is 0 Å². The molecule has 2 aromatic heterocycles. The maximum Gasteiger partial charge on any atom is 0.307 e. The Hall–Kier alpha value is -3.04. The molecule has 0 aromatic carbocycles. The van der Waals surface area contributed by atoms with Crippen molar-refractivity contribution in [1.82, 2.24) is 30.9 Å². The minimum absolute atomic E-state index is 0.0322. The van der Waals surface area contributed by atoms with Gasteiger partial charge in [0.25, 0.3) is 0 Å². The Morgan fingerprint density at radius 1 is 1.35 bits per heavy atom. The predicted molar refractivity (Wildman–Crippen MR) is 114 cm³/mol. The topological polar surface area (TPSA) is 137 Å². The molecule has 0 bridgehead atoms. The van der Waals surface area contributed by atoms with E-state index in [1.54, 1.807) is 13.2 Å². The summed E-state index contributed by atoms with van der Waals surface area (Å²) in [5.41, 5.74) is 0.911. The van der Waals surface area contributed by atoms with Crippen molar-refractivity contribution in [2.24, 2.45) is 17.8 Å². The summed E-state index contributed by atoms with van der Waals surface area (Å²) < 4.78 is 0. The number of carboxylic acid groups (broad SMARTS) is 1. The van der Waals surface area contributed by atoms with Crippen LogP contribution in [-0.4, -0.2) is 62.7 Å². The van der Waals surface area contributed by atoms with Gasteiger partial charge in [0.15, 0.2) is 5.82 Å². The molecule has 0 radical (unpaired) electrons. The molecular formula is C21H31N7O3. The highest BCUT2D eigenvalue weighted by Gasteiger charge is 2.33. The van der Waals surface area contributed by atoms with Crippen molar-refractivity contribution >= 4 is 17.7 Å². The lowest BCUT2D eigenvalue weighted by Crippen LogP contribution is -2.42. The summed E-state index contributed by atoms with van der Waals surface area (Å²) in [6, 6.07) is 3.90. The largest absolute Gasteiger partial charge is 0.481 e. The fourth-order valence-corrected chi connectivity index (χ4v) is 4.27. The molecule has 1 saturated heterocycles. The van der Waals surface area contributed by atoms with Crippen LogP contribution in [0.5, 0.6) is 0 Å². The molecule has 1 aliphatic heterocycles. The number of carbonyl (C=O) groups excluding carboxylic acids is 1. The first-order valence-corrected chi connectivity index (χ1v) is 10.8. The van der Waals surface area contributed by atoms with Gasteiger partial charge in [0.2, 0.25) is 5.91 Å². The van der Waals surface area contributed by atoms with Crippen LogP contribution >= 0.6 is 0 Å². The predicted octanol–water partition coefficient (Wildman–Crippen LogP) is 1.63. The second kappa shape index (κ2) is 10.3. The van der Waals surface area contributed by atoms with Gasteiger partial charge in [-0.3, -0.25) is 9.59 Å². The number of carboxylic acids is 1. The number of aromatic amines is 1. The van der Waals surface area contributed by atoms with Gasteiger partial charge in [-0.25, -0.2) is 4.98 Å². The van der Waals surface area contributed by atoms with Crippen molar-refractivity contribution < 1.29 is 14.7 Å². The van der Waals surface area contributed by atoms with Crippen LogP contribution in [0.25, 0.3) is 0 Å². The number of anilines is 1. The van der Waals surface area contributed by atoms with E-state index in [-0.39, 0.29) is 17.7 Å². The normalized spacial score (nSPS) is 18.6. The lowest BCUT2D eigenvalue weighted by atomic mass is 9.81. The van der Waals surface area contributed by atoms with E-state index >= 15 is 0 Å². The quantitative estimate of drug-likeness (QED) is 0.547. The van der Waals surface area contributed by atoms with Gasteiger partial charge in [0.1, 0.15) is 5.82 Å². The van der Waals surface area contributed by atoms with Crippen LogP contribution < -0.4 is 10.2 Å². The number of hydrogen-bond acceptors (Lipinski definition) is 7. The van der Waals surface area contributed by atoms with Crippen LogP contribution in [0.2, 0.25) is 0 Å². The van der Waals surface area contributed by atoms with Crippen LogP contribution in [0.4, 0.5) is 5.82 Å².